The Balaban J connectivity index is 1.85. The fourth-order valence-electron chi connectivity index (χ4n) is 3.05. The number of ether oxygens (including phenoxy) is 1. The van der Waals surface area contributed by atoms with E-state index in [1.165, 1.54) is 10.6 Å². The summed E-state index contributed by atoms with van der Waals surface area (Å²) in [5.74, 6) is 0. The molecule has 0 bridgehead atoms. The van der Waals surface area contributed by atoms with Crippen molar-refractivity contribution in [3.05, 3.63) is 35.5 Å². The highest BCUT2D eigenvalue weighted by molar-refractivity contribution is 7.88. The summed E-state index contributed by atoms with van der Waals surface area (Å²) in [4.78, 5) is 11.0. The highest BCUT2D eigenvalue weighted by Gasteiger charge is 2.26. The third-order valence-electron chi connectivity index (χ3n) is 4.36. The SMILES string of the molecule is Cc1c(C=O)ccc2c1ccn2CC1CN(S(C)(=O)=O)CCO1. The van der Waals surface area contributed by atoms with E-state index >= 15 is 0 Å². The van der Waals surface area contributed by atoms with E-state index in [2.05, 4.69) is 0 Å². The zero-order chi connectivity index (χ0) is 16.6. The van der Waals surface area contributed by atoms with Gasteiger partial charge in [0.2, 0.25) is 10.0 Å². The lowest BCUT2D eigenvalue weighted by molar-refractivity contribution is -0.00938. The Morgan fingerprint density at radius 3 is 2.83 bits per heavy atom. The molecule has 0 saturated carbocycles. The van der Waals surface area contributed by atoms with Crippen LogP contribution in [0.15, 0.2) is 24.4 Å². The van der Waals surface area contributed by atoms with Crippen LogP contribution < -0.4 is 0 Å². The predicted octanol–water partition coefficient (Wildman–Crippen LogP) is 1.42. The maximum absolute atomic E-state index is 11.7. The number of morpholine rings is 1. The maximum Gasteiger partial charge on any atom is 0.211 e. The minimum atomic E-state index is -3.19. The van der Waals surface area contributed by atoms with Crippen LogP contribution in [0.4, 0.5) is 0 Å². The molecule has 0 aliphatic carbocycles. The lowest BCUT2D eigenvalue weighted by Gasteiger charge is -2.31. The lowest BCUT2D eigenvalue weighted by Crippen LogP contribution is -2.46. The number of benzene rings is 1. The number of nitrogens with zero attached hydrogens (tertiary/aromatic N) is 2. The average Bonchev–Trinajstić information content (AvgIpc) is 2.91. The lowest BCUT2D eigenvalue weighted by atomic mass is 10.1. The van der Waals surface area contributed by atoms with Gasteiger partial charge in [0.05, 0.1) is 25.5 Å². The first-order valence-electron chi connectivity index (χ1n) is 7.50. The molecule has 1 aliphatic rings. The van der Waals surface area contributed by atoms with E-state index in [1.54, 1.807) is 0 Å². The van der Waals surface area contributed by atoms with Crippen LogP contribution in [0.2, 0.25) is 0 Å². The Bertz CT molecular complexity index is 841. The number of rotatable bonds is 4. The molecule has 1 aromatic heterocycles. The normalized spacial score (nSPS) is 20.0. The van der Waals surface area contributed by atoms with Crippen LogP contribution >= 0.6 is 0 Å². The number of aromatic nitrogens is 1. The van der Waals surface area contributed by atoms with Crippen LogP contribution in [0.25, 0.3) is 10.9 Å². The minimum Gasteiger partial charge on any atom is -0.374 e. The number of carbonyl (C=O) groups excluding carboxylic acids is 1. The van der Waals surface area contributed by atoms with Gasteiger partial charge in [0.25, 0.3) is 0 Å². The minimum absolute atomic E-state index is 0.180. The quantitative estimate of drug-likeness (QED) is 0.792. The van der Waals surface area contributed by atoms with Crippen LogP contribution in [0.3, 0.4) is 0 Å². The van der Waals surface area contributed by atoms with Gasteiger partial charge in [-0.1, -0.05) is 0 Å². The molecule has 1 fully saturated rings. The molecule has 0 spiro atoms. The first-order valence-corrected chi connectivity index (χ1v) is 9.35. The molecule has 6 nitrogen and oxygen atoms in total. The van der Waals surface area contributed by atoms with Crippen molar-refractivity contribution in [2.24, 2.45) is 0 Å². The van der Waals surface area contributed by atoms with Crippen LogP contribution in [0.1, 0.15) is 15.9 Å². The van der Waals surface area contributed by atoms with Gasteiger partial charge in [0.1, 0.15) is 6.29 Å². The summed E-state index contributed by atoms with van der Waals surface area (Å²) in [5.41, 5.74) is 2.67. The first-order chi connectivity index (χ1) is 10.9. The van der Waals surface area contributed by atoms with Crippen LogP contribution in [0.5, 0.6) is 0 Å². The summed E-state index contributed by atoms with van der Waals surface area (Å²) in [7, 11) is -3.19. The average molecular weight is 336 g/mol. The van der Waals surface area contributed by atoms with Crippen LogP contribution in [-0.2, 0) is 21.3 Å². The fourth-order valence-corrected chi connectivity index (χ4v) is 3.89. The van der Waals surface area contributed by atoms with Crippen molar-refractivity contribution in [2.75, 3.05) is 26.0 Å². The van der Waals surface area contributed by atoms with Gasteiger partial charge in [-0.15, -0.1) is 0 Å². The van der Waals surface area contributed by atoms with E-state index in [1.807, 2.05) is 35.9 Å². The van der Waals surface area contributed by atoms with E-state index in [0.29, 0.717) is 31.8 Å². The summed E-state index contributed by atoms with van der Waals surface area (Å²) in [6.45, 7) is 3.69. The second-order valence-corrected chi connectivity index (χ2v) is 7.89. The zero-order valence-corrected chi connectivity index (χ0v) is 14.0. The van der Waals surface area contributed by atoms with Crippen LogP contribution in [0, 0.1) is 6.92 Å². The second kappa shape index (κ2) is 6.07. The van der Waals surface area contributed by atoms with E-state index in [0.717, 1.165) is 22.8 Å². The Hall–Kier alpha value is -1.70. The summed E-state index contributed by atoms with van der Waals surface area (Å²) in [5, 5.41) is 1.03. The molecule has 1 saturated heterocycles. The maximum atomic E-state index is 11.7. The summed E-state index contributed by atoms with van der Waals surface area (Å²) >= 11 is 0. The Labute approximate surface area is 135 Å². The van der Waals surface area contributed by atoms with Gasteiger partial charge in [-0.25, -0.2) is 8.42 Å². The van der Waals surface area contributed by atoms with Crippen molar-refractivity contribution in [1.29, 1.82) is 0 Å². The molecule has 1 atom stereocenters. The molecular weight excluding hydrogens is 316 g/mol. The van der Waals surface area contributed by atoms with Gasteiger partial charge < -0.3 is 9.30 Å². The topological polar surface area (TPSA) is 68.6 Å². The summed E-state index contributed by atoms with van der Waals surface area (Å²) in [6, 6.07) is 5.71. The molecule has 0 amide bonds. The van der Waals surface area contributed by atoms with Gasteiger partial charge in [0, 0.05) is 35.8 Å². The van der Waals surface area contributed by atoms with Gasteiger partial charge in [0.15, 0.2) is 0 Å². The molecule has 2 aromatic rings. The fraction of sp³-hybridized carbons (Fsp3) is 0.438. The third-order valence-corrected chi connectivity index (χ3v) is 5.63. The smallest absolute Gasteiger partial charge is 0.211 e. The summed E-state index contributed by atoms with van der Waals surface area (Å²) in [6.07, 6.45) is 3.86. The Morgan fingerprint density at radius 2 is 2.13 bits per heavy atom. The Kier molecular flexibility index (Phi) is 4.27. The van der Waals surface area contributed by atoms with Crippen LogP contribution in [-0.4, -0.2) is 55.6 Å². The third kappa shape index (κ3) is 3.17. The van der Waals surface area contributed by atoms with Gasteiger partial charge in [-0.05, 0) is 30.7 Å². The number of sulfonamides is 1. The van der Waals surface area contributed by atoms with Crippen molar-refractivity contribution in [3.8, 4) is 0 Å². The number of aryl methyl sites for hydroxylation is 1. The van der Waals surface area contributed by atoms with Gasteiger partial charge in [-0.2, -0.15) is 4.31 Å². The molecule has 3 rings (SSSR count). The standard InChI is InChI=1S/C16H20N2O4S/c1-12-13(11-19)3-4-16-15(12)5-6-17(16)9-14-10-18(7-8-22-14)23(2,20)21/h3-6,11,14H,7-10H2,1-2H3. The molecule has 7 heteroatoms. The van der Waals surface area contributed by atoms with Gasteiger partial charge >= 0.3 is 0 Å². The Morgan fingerprint density at radius 1 is 1.35 bits per heavy atom. The zero-order valence-electron chi connectivity index (χ0n) is 13.2. The molecule has 124 valence electrons. The second-order valence-electron chi connectivity index (χ2n) is 5.91. The molecule has 23 heavy (non-hydrogen) atoms. The van der Waals surface area contributed by atoms with Crippen molar-refractivity contribution in [3.63, 3.8) is 0 Å². The number of hydrogen-bond acceptors (Lipinski definition) is 4. The van der Waals surface area contributed by atoms with Gasteiger partial charge in [-0.3, -0.25) is 4.79 Å². The molecule has 0 radical (unpaired) electrons. The van der Waals surface area contributed by atoms with E-state index in [4.69, 9.17) is 4.74 Å². The van der Waals surface area contributed by atoms with E-state index < -0.39 is 10.0 Å². The first kappa shape index (κ1) is 16.2. The predicted molar refractivity (Wildman–Crippen MR) is 88.2 cm³/mol. The summed E-state index contributed by atoms with van der Waals surface area (Å²) < 4.78 is 32.6. The highest BCUT2D eigenvalue weighted by atomic mass is 32.2. The van der Waals surface area contributed by atoms with Crippen molar-refractivity contribution in [1.82, 2.24) is 8.87 Å². The van der Waals surface area contributed by atoms with Crippen molar-refractivity contribution >= 4 is 27.2 Å². The van der Waals surface area contributed by atoms with Crippen molar-refractivity contribution in [2.45, 2.75) is 19.6 Å². The highest BCUT2D eigenvalue weighted by Crippen LogP contribution is 2.23. The molecule has 1 unspecified atom stereocenters. The molecule has 2 heterocycles. The molecular formula is C16H20N2O4S. The number of aldehydes is 1. The largest absolute Gasteiger partial charge is 0.374 e. The molecule has 1 aliphatic heterocycles. The monoisotopic (exact) mass is 336 g/mol. The number of hydrogen-bond donors (Lipinski definition) is 0. The van der Waals surface area contributed by atoms with E-state index in [9.17, 15) is 13.2 Å². The molecule has 0 N–H and O–H groups in total. The number of carbonyl (C=O) groups is 1. The molecule has 1 aromatic carbocycles. The van der Waals surface area contributed by atoms with E-state index in [-0.39, 0.29) is 6.10 Å². The van der Waals surface area contributed by atoms with Crippen molar-refractivity contribution < 1.29 is 17.9 Å². The number of fused-ring (bicyclic) bond motifs is 1.